The predicted octanol–water partition coefficient (Wildman–Crippen LogP) is 6.60. The van der Waals surface area contributed by atoms with Crippen molar-refractivity contribution in [1.29, 1.82) is 0 Å². The second-order valence-electron chi connectivity index (χ2n) is 8.23. The first-order chi connectivity index (χ1) is 13.0. The fraction of sp³-hybridized carbons (Fsp3) is 0.652. The SMILES string of the molecule is CCC1CCC(C2CC=C(COc3c(C)cc(OC)c(F)c3F)CC2)CC1. The van der Waals surface area contributed by atoms with Gasteiger partial charge in [0, 0.05) is 0 Å². The highest BCUT2D eigenvalue weighted by atomic mass is 19.2. The summed E-state index contributed by atoms with van der Waals surface area (Å²) in [5.74, 6) is 0.536. The van der Waals surface area contributed by atoms with Crippen molar-refractivity contribution in [2.75, 3.05) is 13.7 Å². The van der Waals surface area contributed by atoms with E-state index in [2.05, 4.69) is 13.0 Å². The average molecular weight is 379 g/mol. The fourth-order valence-corrected chi connectivity index (χ4v) is 4.73. The van der Waals surface area contributed by atoms with Gasteiger partial charge >= 0.3 is 0 Å². The van der Waals surface area contributed by atoms with Crippen LogP contribution in [0.25, 0.3) is 0 Å². The van der Waals surface area contributed by atoms with Gasteiger partial charge in [-0.05, 0) is 74.0 Å². The van der Waals surface area contributed by atoms with Crippen LogP contribution in [0.5, 0.6) is 11.5 Å². The van der Waals surface area contributed by atoms with Gasteiger partial charge in [-0.25, -0.2) is 0 Å². The first kappa shape index (κ1) is 20.2. The molecule has 2 aliphatic carbocycles. The largest absolute Gasteiger partial charge is 0.494 e. The van der Waals surface area contributed by atoms with E-state index < -0.39 is 11.6 Å². The molecule has 27 heavy (non-hydrogen) atoms. The number of methoxy groups -OCH3 is 1. The van der Waals surface area contributed by atoms with E-state index in [9.17, 15) is 8.78 Å². The van der Waals surface area contributed by atoms with E-state index in [4.69, 9.17) is 9.47 Å². The second-order valence-corrected chi connectivity index (χ2v) is 8.23. The molecule has 0 heterocycles. The van der Waals surface area contributed by atoms with Crippen LogP contribution in [-0.2, 0) is 0 Å². The van der Waals surface area contributed by atoms with Gasteiger partial charge in [-0.3, -0.25) is 0 Å². The maximum Gasteiger partial charge on any atom is 0.204 e. The van der Waals surface area contributed by atoms with E-state index in [1.54, 1.807) is 6.92 Å². The number of hydrogen-bond donors (Lipinski definition) is 0. The molecule has 0 bridgehead atoms. The van der Waals surface area contributed by atoms with E-state index >= 15 is 0 Å². The van der Waals surface area contributed by atoms with Gasteiger partial charge in [0.1, 0.15) is 6.61 Å². The molecule has 2 aliphatic rings. The summed E-state index contributed by atoms with van der Waals surface area (Å²) in [6, 6.07) is 1.48. The number of hydrogen-bond acceptors (Lipinski definition) is 2. The summed E-state index contributed by atoms with van der Waals surface area (Å²) >= 11 is 0. The molecule has 1 unspecified atom stereocenters. The summed E-state index contributed by atoms with van der Waals surface area (Å²) in [7, 11) is 1.33. The Labute approximate surface area is 161 Å². The van der Waals surface area contributed by atoms with E-state index in [0.29, 0.717) is 12.2 Å². The molecule has 1 fully saturated rings. The normalized spacial score (nSPS) is 25.8. The van der Waals surface area contributed by atoms with Crippen molar-refractivity contribution in [3.05, 3.63) is 34.9 Å². The van der Waals surface area contributed by atoms with Gasteiger partial charge in [-0.2, -0.15) is 8.78 Å². The lowest BCUT2D eigenvalue weighted by Crippen LogP contribution is -2.23. The first-order valence-electron chi connectivity index (χ1n) is 10.4. The molecule has 3 rings (SSSR count). The van der Waals surface area contributed by atoms with Crippen LogP contribution in [0.2, 0.25) is 0 Å². The lowest BCUT2D eigenvalue weighted by molar-refractivity contribution is 0.187. The van der Waals surface area contributed by atoms with Crippen molar-refractivity contribution >= 4 is 0 Å². The summed E-state index contributed by atoms with van der Waals surface area (Å²) in [6.07, 6.45) is 12.4. The van der Waals surface area contributed by atoms with Crippen LogP contribution < -0.4 is 9.47 Å². The number of rotatable bonds is 6. The van der Waals surface area contributed by atoms with E-state index in [1.807, 2.05) is 0 Å². The highest BCUT2D eigenvalue weighted by Gasteiger charge is 2.28. The minimum atomic E-state index is -0.988. The maximum absolute atomic E-state index is 14.2. The molecule has 0 radical (unpaired) electrons. The average Bonchev–Trinajstić information content (AvgIpc) is 2.71. The van der Waals surface area contributed by atoms with Crippen LogP contribution in [0.4, 0.5) is 8.78 Å². The second kappa shape index (κ2) is 9.07. The molecule has 0 N–H and O–H groups in total. The number of aryl methyl sites for hydroxylation is 1. The predicted molar refractivity (Wildman–Crippen MR) is 104 cm³/mol. The lowest BCUT2D eigenvalue weighted by Gasteiger charge is -2.35. The molecule has 1 atom stereocenters. The fourth-order valence-electron chi connectivity index (χ4n) is 4.73. The Morgan fingerprint density at radius 2 is 1.78 bits per heavy atom. The number of allylic oxidation sites excluding steroid dienone is 1. The summed E-state index contributed by atoms with van der Waals surface area (Å²) < 4.78 is 38.7. The summed E-state index contributed by atoms with van der Waals surface area (Å²) in [5.41, 5.74) is 1.75. The molecule has 150 valence electrons. The van der Waals surface area contributed by atoms with Crippen LogP contribution in [-0.4, -0.2) is 13.7 Å². The van der Waals surface area contributed by atoms with Crippen LogP contribution in [0, 0.1) is 36.3 Å². The van der Waals surface area contributed by atoms with E-state index in [0.717, 1.165) is 30.6 Å². The van der Waals surface area contributed by atoms with Crippen molar-refractivity contribution in [1.82, 2.24) is 0 Å². The van der Waals surface area contributed by atoms with Gasteiger partial charge in [0.05, 0.1) is 7.11 Å². The molecule has 0 saturated heterocycles. The molecule has 0 aliphatic heterocycles. The number of ether oxygens (including phenoxy) is 2. The zero-order chi connectivity index (χ0) is 19.4. The van der Waals surface area contributed by atoms with Crippen LogP contribution in [0.1, 0.15) is 63.9 Å². The number of halogens is 2. The van der Waals surface area contributed by atoms with Gasteiger partial charge < -0.3 is 9.47 Å². The third kappa shape index (κ3) is 4.64. The van der Waals surface area contributed by atoms with E-state index in [-0.39, 0.29) is 11.5 Å². The summed E-state index contributed by atoms with van der Waals surface area (Å²) in [6.45, 7) is 4.34. The minimum absolute atomic E-state index is 0.00536. The molecule has 0 amide bonds. The monoisotopic (exact) mass is 378 g/mol. The molecule has 1 aromatic carbocycles. The Balaban J connectivity index is 1.55. The molecule has 4 heteroatoms. The van der Waals surface area contributed by atoms with Gasteiger partial charge in [0.2, 0.25) is 11.6 Å². The lowest BCUT2D eigenvalue weighted by atomic mass is 9.71. The molecular formula is C23H32F2O2. The van der Waals surface area contributed by atoms with Gasteiger partial charge in [-0.1, -0.05) is 32.3 Å². The van der Waals surface area contributed by atoms with Crippen LogP contribution >= 0.6 is 0 Å². The zero-order valence-corrected chi connectivity index (χ0v) is 16.8. The van der Waals surface area contributed by atoms with Crippen LogP contribution in [0.3, 0.4) is 0 Å². The standard InChI is InChI=1S/C23H32F2O2/c1-4-16-5-9-18(10-6-16)19-11-7-17(8-12-19)14-27-23-15(2)13-20(26-3)21(24)22(23)25/h7,13,16,18-19H,4-6,8-12,14H2,1-3H3. The van der Waals surface area contributed by atoms with Crippen molar-refractivity contribution in [2.45, 2.75) is 65.2 Å². The molecule has 1 aromatic rings. The Morgan fingerprint density at radius 3 is 2.37 bits per heavy atom. The van der Waals surface area contributed by atoms with Gasteiger partial charge in [0.25, 0.3) is 0 Å². The Hall–Kier alpha value is -1.58. The molecule has 2 nitrogen and oxygen atoms in total. The van der Waals surface area contributed by atoms with Gasteiger partial charge in [-0.15, -0.1) is 0 Å². The molecular weight excluding hydrogens is 346 g/mol. The highest BCUT2D eigenvalue weighted by molar-refractivity contribution is 5.42. The minimum Gasteiger partial charge on any atom is -0.494 e. The Kier molecular flexibility index (Phi) is 6.78. The van der Waals surface area contributed by atoms with Gasteiger partial charge in [0.15, 0.2) is 11.5 Å². The van der Waals surface area contributed by atoms with Crippen molar-refractivity contribution < 1.29 is 18.3 Å². The summed E-state index contributed by atoms with van der Waals surface area (Å²) in [5, 5.41) is 0. The Morgan fingerprint density at radius 1 is 1.04 bits per heavy atom. The van der Waals surface area contributed by atoms with Crippen LogP contribution in [0.15, 0.2) is 17.7 Å². The third-order valence-electron chi connectivity index (χ3n) is 6.62. The maximum atomic E-state index is 14.2. The smallest absolute Gasteiger partial charge is 0.204 e. The summed E-state index contributed by atoms with van der Waals surface area (Å²) in [4.78, 5) is 0. The van der Waals surface area contributed by atoms with E-state index in [1.165, 1.54) is 57.3 Å². The molecule has 0 spiro atoms. The van der Waals surface area contributed by atoms with Crippen molar-refractivity contribution in [3.63, 3.8) is 0 Å². The highest BCUT2D eigenvalue weighted by Crippen LogP contribution is 2.40. The topological polar surface area (TPSA) is 18.5 Å². The zero-order valence-electron chi connectivity index (χ0n) is 16.8. The number of benzene rings is 1. The quantitative estimate of drug-likeness (QED) is 0.519. The third-order valence-corrected chi connectivity index (χ3v) is 6.62. The molecule has 1 saturated carbocycles. The Bertz CT molecular complexity index is 675. The van der Waals surface area contributed by atoms with Crippen molar-refractivity contribution in [3.8, 4) is 11.5 Å². The van der Waals surface area contributed by atoms with Crippen molar-refractivity contribution in [2.24, 2.45) is 17.8 Å². The molecule has 0 aromatic heterocycles. The first-order valence-corrected chi connectivity index (χ1v) is 10.4.